The van der Waals surface area contributed by atoms with Crippen LogP contribution in [0, 0.1) is 12.7 Å². The summed E-state index contributed by atoms with van der Waals surface area (Å²) in [4.78, 5) is 12.1. The molecule has 2 rings (SSSR count). The lowest BCUT2D eigenvalue weighted by Crippen LogP contribution is -2.13. The van der Waals surface area contributed by atoms with E-state index < -0.39 is 11.7 Å². The Balaban J connectivity index is 2.19. The third kappa shape index (κ3) is 3.72. The lowest BCUT2D eigenvalue weighted by Gasteiger charge is -2.11. The molecule has 0 bridgehead atoms. The van der Waals surface area contributed by atoms with Gasteiger partial charge in [0.2, 0.25) is 0 Å². The number of benzene rings is 2. The van der Waals surface area contributed by atoms with Crippen LogP contribution in [-0.4, -0.2) is 12.5 Å². The molecule has 0 atom stereocenters. The van der Waals surface area contributed by atoms with Crippen molar-refractivity contribution in [3.05, 3.63) is 53.3 Å². The van der Waals surface area contributed by atoms with Gasteiger partial charge in [-0.1, -0.05) is 0 Å². The zero-order chi connectivity index (χ0) is 15.4. The molecule has 0 saturated carbocycles. The number of anilines is 2. The second-order valence-corrected chi connectivity index (χ2v) is 4.64. The molecule has 1 amide bonds. The first-order valence-corrected chi connectivity index (χ1v) is 6.60. The van der Waals surface area contributed by atoms with Gasteiger partial charge in [0.15, 0.2) is 0 Å². The van der Waals surface area contributed by atoms with Crippen molar-refractivity contribution >= 4 is 17.3 Å². The van der Waals surface area contributed by atoms with Crippen LogP contribution >= 0.6 is 0 Å². The van der Waals surface area contributed by atoms with E-state index in [2.05, 4.69) is 5.32 Å². The first kappa shape index (κ1) is 14.8. The van der Waals surface area contributed by atoms with E-state index in [1.54, 1.807) is 12.1 Å². The molecule has 21 heavy (non-hydrogen) atoms. The molecular formula is C16H17FN2O2. The Labute approximate surface area is 122 Å². The molecule has 0 heterocycles. The summed E-state index contributed by atoms with van der Waals surface area (Å²) < 4.78 is 18.7. The summed E-state index contributed by atoms with van der Waals surface area (Å²) in [6, 6.07) is 9.10. The zero-order valence-corrected chi connectivity index (χ0v) is 11.9. The monoisotopic (exact) mass is 288 g/mol. The summed E-state index contributed by atoms with van der Waals surface area (Å²) in [5.41, 5.74) is 7.43. The quantitative estimate of drug-likeness (QED) is 0.848. The van der Waals surface area contributed by atoms with Crippen molar-refractivity contribution in [3.63, 3.8) is 0 Å². The average molecular weight is 288 g/mol. The van der Waals surface area contributed by atoms with Gasteiger partial charge in [0.25, 0.3) is 5.91 Å². The first-order chi connectivity index (χ1) is 9.99. The van der Waals surface area contributed by atoms with Crippen LogP contribution in [0.3, 0.4) is 0 Å². The molecule has 0 spiro atoms. The lowest BCUT2D eigenvalue weighted by atomic mass is 10.1. The van der Waals surface area contributed by atoms with Gasteiger partial charge in [-0.15, -0.1) is 0 Å². The van der Waals surface area contributed by atoms with Gasteiger partial charge >= 0.3 is 0 Å². The molecule has 4 nitrogen and oxygen atoms in total. The van der Waals surface area contributed by atoms with Gasteiger partial charge in [-0.25, -0.2) is 4.39 Å². The van der Waals surface area contributed by atoms with E-state index in [4.69, 9.17) is 10.5 Å². The fraction of sp³-hybridized carbons (Fsp3) is 0.188. The largest absolute Gasteiger partial charge is 0.494 e. The van der Waals surface area contributed by atoms with E-state index in [1.807, 2.05) is 19.9 Å². The summed E-state index contributed by atoms with van der Waals surface area (Å²) >= 11 is 0. The van der Waals surface area contributed by atoms with E-state index >= 15 is 0 Å². The summed E-state index contributed by atoms with van der Waals surface area (Å²) in [5, 5.41) is 2.73. The SMILES string of the molecule is CCOc1ccc(NC(=O)c2cc(N)cc(F)c2)c(C)c1. The number of ether oxygens (including phenoxy) is 1. The summed E-state index contributed by atoms with van der Waals surface area (Å²) in [7, 11) is 0. The minimum atomic E-state index is -0.538. The van der Waals surface area contributed by atoms with Crippen molar-refractivity contribution in [2.24, 2.45) is 0 Å². The minimum absolute atomic E-state index is 0.181. The first-order valence-electron chi connectivity index (χ1n) is 6.60. The normalized spacial score (nSPS) is 10.2. The highest BCUT2D eigenvalue weighted by molar-refractivity contribution is 6.05. The Morgan fingerprint density at radius 2 is 2.05 bits per heavy atom. The van der Waals surface area contributed by atoms with Gasteiger partial charge in [0, 0.05) is 16.9 Å². The average Bonchev–Trinajstić information content (AvgIpc) is 2.41. The van der Waals surface area contributed by atoms with Crippen LogP contribution in [0.2, 0.25) is 0 Å². The van der Waals surface area contributed by atoms with Crippen molar-refractivity contribution in [2.45, 2.75) is 13.8 Å². The Kier molecular flexibility index (Phi) is 4.42. The smallest absolute Gasteiger partial charge is 0.255 e. The molecule has 2 aromatic carbocycles. The number of halogens is 1. The van der Waals surface area contributed by atoms with Crippen LogP contribution in [0.5, 0.6) is 5.75 Å². The van der Waals surface area contributed by atoms with E-state index in [9.17, 15) is 9.18 Å². The van der Waals surface area contributed by atoms with Crippen molar-refractivity contribution in [2.75, 3.05) is 17.7 Å². The van der Waals surface area contributed by atoms with E-state index in [1.165, 1.54) is 12.1 Å². The molecule has 110 valence electrons. The van der Waals surface area contributed by atoms with E-state index in [0.29, 0.717) is 12.3 Å². The highest BCUT2D eigenvalue weighted by Gasteiger charge is 2.10. The molecule has 5 heteroatoms. The van der Waals surface area contributed by atoms with Crippen molar-refractivity contribution < 1.29 is 13.9 Å². The molecular weight excluding hydrogens is 271 g/mol. The third-order valence-corrected chi connectivity index (χ3v) is 2.94. The van der Waals surface area contributed by atoms with Crippen LogP contribution in [0.4, 0.5) is 15.8 Å². The van der Waals surface area contributed by atoms with Crippen LogP contribution in [0.25, 0.3) is 0 Å². The molecule has 0 unspecified atom stereocenters. The highest BCUT2D eigenvalue weighted by Crippen LogP contribution is 2.22. The number of nitrogens with two attached hydrogens (primary N) is 1. The number of nitrogen functional groups attached to an aromatic ring is 1. The molecule has 0 aromatic heterocycles. The molecule has 3 N–H and O–H groups in total. The molecule has 0 saturated heterocycles. The fourth-order valence-electron chi connectivity index (χ4n) is 1.97. The number of amides is 1. The molecule has 0 aliphatic carbocycles. The Bertz CT molecular complexity index is 651. The van der Waals surface area contributed by atoms with Gasteiger partial charge < -0.3 is 15.8 Å². The van der Waals surface area contributed by atoms with Crippen molar-refractivity contribution in [1.29, 1.82) is 0 Å². The van der Waals surface area contributed by atoms with E-state index in [-0.39, 0.29) is 11.3 Å². The second kappa shape index (κ2) is 6.26. The summed E-state index contributed by atoms with van der Waals surface area (Å²) in [6.07, 6.45) is 0. The fourth-order valence-corrected chi connectivity index (χ4v) is 1.97. The highest BCUT2D eigenvalue weighted by atomic mass is 19.1. The van der Waals surface area contributed by atoms with Gasteiger partial charge in [-0.05, 0) is 55.8 Å². The van der Waals surface area contributed by atoms with Gasteiger partial charge in [0.1, 0.15) is 11.6 Å². The number of hydrogen-bond donors (Lipinski definition) is 2. The molecule has 0 radical (unpaired) electrons. The van der Waals surface area contributed by atoms with Gasteiger partial charge in [-0.2, -0.15) is 0 Å². The predicted octanol–water partition coefficient (Wildman–Crippen LogP) is 3.37. The van der Waals surface area contributed by atoms with Crippen LogP contribution < -0.4 is 15.8 Å². The number of rotatable bonds is 4. The number of aryl methyl sites for hydroxylation is 1. The zero-order valence-electron chi connectivity index (χ0n) is 11.9. The number of carbonyl (C=O) groups is 1. The lowest BCUT2D eigenvalue weighted by molar-refractivity contribution is 0.102. The van der Waals surface area contributed by atoms with E-state index in [0.717, 1.165) is 17.4 Å². The number of carbonyl (C=O) groups excluding carboxylic acids is 1. The molecule has 2 aromatic rings. The maximum Gasteiger partial charge on any atom is 0.255 e. The maximum absolute atomic E-state index is 13.3. The third-order valence-electron chi connectivity index (χ3n) is 2.94. The van der Waals surface area contributed by atoms with Crippen LogP contribution in [-0.2, 0) is 0 Å². The molecule has 0 aliphatic rings. The maximum atomic E-state index is 13.3. The van der Waals surface area contributed by atoms with Gasteiger partial charge in [-0.3, -0.25) is 4.79 Å². The van der Waals surface area contributed by atoms with Crippen molar-refractivity contribution in [3.8, 4) is 5.75 Å². The van der Waals surface area contributed by atoms with Crippen LogP contribution in [0.15, 0.2) is 36.4 Å². The molecule has 0 aliphatic heterocycles. The second-order valence-electron chi connectivity index (χ2n) is 4.64. The summed E-state index contributed by atoms with van der Waals surface area (Å²) in [6.45, 7) is 4.34. The predicted molar refractivity (Wildman–Crippen MR) is 81.1 cm³/mol. The number of hydrogen-bond acceptors (Lipinski definition) is 3. The Morgan fingerprint density at radius 1 is 1.29 bits per heavy atom. The minimum Gasteiger partial charge on any atom is -0.494 e. The summed E-state index contributed by atoms with van der Waals surface area (Å²) in [5.74, 6) is -0.208. The van der Waals surface area contributed by atoms with Gasteiger partial charge in [0.05, 0.1) is 6.61 Å². The van der Waals surface area contributed by atoms with Crippen molar-refractivity contribution in [1.82, 2.24) is 0 Å². The topological polar surface area (TPSA) is 64.3 Å². The standard InChI is InChI=1S/C16H17FN2O2/c1-3-21-14-4-5-15(10(2)6-14)19-16(20)11-7-12(17)9-13(18)8-11/h4-9H,3,18H2,1-2H3,(H,19,20). The van der Waals surface area contributed by atoms with Crippen LogP contribution in [0.1, 0.15) is 22.8 Å². The number of nitrogens with one attached hydrogen (secondary N) is 1. The Morgan fingerprint density at radius 3 is 2.67 bits per heavy atom. The molecule has 0 fully saturated rings. The Hall–Kier alpha value is -2.56.